The molecule has 0 fully saturated rings. The monoisotopic (exact) mass is 523 g/mol. The Kier molecular flexibility index (Phi) is 10.9. The van der Waals surface area contributed by atoms with Crippen molar-refractivity contribution in [2.24, 2.45) is 0 Å². The smallest absolute Gasteiger partial charge is 0.408 e. The molecule has 3 atom stereocenters. The molecule has 3 unspecified atom stereocenters. The highest BCUT2D eigenvalue weighted by Crippen LogP contribution is 2.30. The summed E-state index contributed by atoms with van der Waals surface area (Å²) < 4.78 is 5.50. The standard InChI is InChI=1S/C31H45N3O4/c1-10-22(5)34(27(28(35)32-20(2)3)25-18-14-15-21(4)23(25)6)29(36)26(19-24-16-12-11-13-17-24)33-30(37)38-31(7,8)9/h11-18,20,22,26-27H,10,19H2,1-9H3,(H,32,35)(H,33,37). The van der Waals surface area contributed by atoms with E-state index in [1.165, 1.54) is 0 Å². The van der Waals surface area contributed by atoms with Crippen LogP contribution in [0.3, 0.4) is 0 Å². The second-order valence-corrected chi connectivity index (χ2v) is 11.2. The van der Waals surface area contributed by atoms with E-state index < -0.39 is 23.8 Å². The number of ether oxygens (including phenoxy) is 1. The number of amides is 3. The summed E-state index contributed by atoms with van der Waals surface area (Å²) in [5, 5.41) is 5.83. The van der Waals surface area contributed by atoms with Gasteiger partial charge in [-0.15, -0.1) is 0 Å². The van der Waals surface area contributed by atoms with Gasteiger partial charge < -0.3 is 20.3 Å². The Morgan fingerprint density at radius 2 is 1.55 bits per heavy atom. The van der Waals surface area contributed by atoms with Gasteiger partial charge in [-0.25, -0.2) is 4.79 Å². The Bertz CT molecular complexity index is 1090. The largest absolute Gasteiger partial charge is 0.444 e. The lowest BCUT2D eigenvalue weighted by Crippen LogP contribution is -2.56. The Morgan fingerprint density at radius 1 is 0.921 bits per heavy atom. The quantitative estimate of drug-likeness (QED) is 0.422. The summed E-state index contributed by atoms with van der Waals surface area (Å²) in [4.78, 5) is 42.7. The van der Waals surface area contributed by atoms with Crippen molar-refractivity contribution in [3.63, 3.8) is 0 Å². The first-order valence-corrected chi connectivity index (χ1v) is 13.5. The maximum absolute atomic E-state index is 14.4. The molecule has 0 saturated carbocycles. The van der Waals surface area contributed by atoms with Crippen LogP contribution < -0.4 is 10.6 Å². The van der Waals surface area contributed by atoms with Crippen LogP contribution in [0.1, 0.15) is 83.2 Å². The fourth-order valence-corrected chi connectivity index (χ4v) is 4.33. The SMILES string of the molecule is CCC(C)N(C(=O)C(Cc1ccccc1)NC(=O)OC(C)(C)C)C(C(=O)NC(C)C)c1cccc(C)c1C. The van der Waals surface area contributed by atoms with Gasteiger partial charge in [-0.05, 0) is 84.1 Å². The van der Waals surface area contributed by atoms with Crippen LogP contribution in [0.4, 0.5) is 4.79 Å². The Morgan fingerprint density at radius 3 is 2.11 bits per heavy atom. The third-order valence-electron chi connectivity index (χ3n) is 6.49. The van der Waals surface area contributed by atoms with E-state index in [1.54, 1.807) is 25.7 Å². The molecule has 0 aliphatic heterocycles. The zero-order valence-corrected chi connectivity index (χ0v) is 24.4. The van der Waals surface area contributed by atoms with E-state index >= 15 is 0 Å². The van der Waals surface area contributed by atoms with E-state index in [0.29, 0.717) is 6.42 Å². The van der Waals surface area contributed by atoms with Crippen molar-refractivity contribution >= 4 is 17.9 Å². The predicted octanol–water partition coefficient (Wildman–Crippen LogP) is 5.63. The van der Waals surface area contributed by atoms with Gasteiger partial charge in [0.05, 0.1) is 0 Å². The highest BCUT2D eigenvalue weighted by molar-refractivity contribution is 5.93. The molecule has 2 N–H and O–H groups in total. The van der Waals surface area contributed by atoms with Crippen molar-refractivity contribution in [1.82, 2.24) is 15.5 Å². The molecule has 2 aromatic carbocycles. The summed E-state index contributed by atoms with van der Waals surface area (Å²) >= 11 is 0. The topological polar surface area (TPSA) is 87.7 Å². The molecule has 7 nitrogen and oxygen atoms in total. The zero-order chi connectivity index (χ0) is 28.6. The Hall–Kier alpha value is -3.35. The van der Waals surface area contributed by atoms with Crippen LogP contribution in [0, 0.1) is 13.8 Å². The summed E-state index contributed by atoms with van der Waals surface area (Å²) in [7, 11) is 0. The molecule has 3 amide bonds. The summed E-state index contributed by atoms with van der Waals surface area (Å²) in [6.07, 6.45) is 0.217. The fraction of sp³-hybridized carbons (Fsp3) is 0.516. The fourth-order valence-electron chi connectivity index (χ4n) is 4.33. The number of benzene rings is 2. The van der Waals surface area contributed by atoms with E-state index in [0.717, 1.165) is 22.3 Å². The molecular formula is C31H45N3O4. The Labute approximate surface area is 228 Å². The van der Waals surface area contributed by atoms with Crippen LogP contribution in [0.25, 0.3) is 0 Å². The molecule has 2 aromatic rings. The molecule has 0 saturated heterocycles. The van der Waals surface area contributed by atoms with Crippen LogP contribution in [0.5, 0.6) is 0 Å². The van der Waals surface area contributed by atoms with Crippen LogP contribution in [-0.4, -0.2) is 46.5 Å². The van der Waals surface area contributed by atoms with Gasteiger partial charge in [-0.3, -0.25) is 9.59 Å². The van der Waals surface area contributed by atoms with Crippen LogP contribution >= 0.6 is 0 Å². The molecule has 0 aliphatic carbocycles. The van der Waals surface area contributed by atoms with Gasteiger partial charge in [0.2, 0.25) is 11.8 Å². The minimum absolute atomic E-state index is 0.107. The third-order valence-corrected chi connectivity index (χ3v) is 6.49. The Balaban J connectivity index is 2.63. The van der Waals surface area contributed by atoms with E-state index in [2.05, 4.69) is 10.6 Å². The number of rotatable bonds is 10. The minimum Gasteiger partial charge on any atom is -0.444 e. The summed E-state index contributed by atoms with van der Waals surface area (Å²) in [5.74, 6) is -0.586. The van der Waals surface area contributed by atoms with Gasteiger partial charge in [0.1, 0.15) is 17.7 Å². The van der Waals surface area contributed by atoms with Crippen molar-refractivity contribution < 1.29 is 19.1 Å². The first kappa shape index (κ1) is 30.9. The number of alkyl carbamates (subject to hydrolysis) is 1. The van der Waals surface area contributed by atoms with Crippen molar-refractivity contribution in [1.29, 1.82) is 0 Å². The van der Waals surface area contributed by atoms with Gasteiger partial charge in [0, 0.05) is 18.5 Å². The van der Waals surface area contributed by atoms with Crippen molar-refractivity contribution in [2.75, 3.05) is 0 Å². The molecule has 7 heteroatoms. The number of carbonyl (C=O) groups is 3. The number of nitrogens with zero attached hydrogens (tertiary/aromatic N) is 1. The summed E-state index contributed by atoms with van der Waals surface area (Å²) in [6, 6.07) is 13.2. The maximum atomic E-state index is 14.4. The summed E-state index contributed by atoms with van der Waals surface area (Å²) in [6.45, 7) is 17.0. The molecule has 0 spiro atoms. The van der Waals surface area contributed by atoms with Gasteiger partial charge in [-0.1, -0.05) is 55.5 Å². The van der Waals surface area contributed by atoms with Gasteiger partial charge >= 0.3 is 6.09 Å². The van der Waals surface area contributed by atoms with Crippen LogP contribution in [0.2, 0.25) is 0 Å². The van der Waals surface area contributed by atoms with Gasteiger partial charge in [0.15, 0.2) is 0 Å². The lowest BCUT2D eigenvalue weighted by Gasteiger charge is -2.39. The number of hydrogen-bond donors (Lipinski definition) is 2. The lowest BCUT2D eigenvalue weighted by atomic mass is 9.93. The second kappa shape index (κ2) is 13.4. The molecule has 0 aromatic heterocycles. The maximum Gasteiger partial charge on any atom is 0.408 e. The molecule has 0 radical (unpaired) electrons. The number of hydrogen-bond acceptors (Lipinski definition) is 4. The molecular weight excluding hydrogens is 478 g/mol. The first-order chi connectivity index (χ1) is 17.7. The van der Waals surface area contributed by atoms with Crippen molar-refractivity contribution in [3.05, 3.63) is 70.8 Å². The van der Waals surface area contributed by atoms with Crippen molar-refractivity contribution in [2.45, 2.75) is 105 Å². The third kappa shape index (κ3) is 8.61. The molecule has 208 valence electrons. The number of aryl methyl sites for hydroxylation is 1. The average Bonchev–Trinajstić information content (AvgIpc) is 2.82. The highest BCUT2D eigenvalue weighted by Gasteiger charge is 2.39. The highest BCUT2D eigenvalue weighted by atomic mass is 16.6. The average molecular weight is 524 g/mol. The minimum atomic E-state index is -0.930. The molecule has 0 aliphatic rings. The van der Waals surface area contributed by atoms with Crippen molar-refractivity contribution in [3.8, 4) is 0 Å². The van der Waals surface area contributed by atoms with E-state index in [9.17, 15) is 14.4 Å². The van der Waals surface area contributed by atoms with E-state index in [1.807, 2.05) is 90.1 Å². The van der Waals surface area contributed by atoms with E-state index in [4.69, 9.17) is 4.74 Å². The lowest BCUT2D eigenvalue weighted by molar-refractivity contribution is -0.145. The summed E-state index contributed by atoms with van der Waals surface area (Å²) in [5.41, 5.74) is 2.93. The molecule has 38 heavy (non-hydrogen) atoms. The molecule has 0 heterocycles. The number of nitrogens with one attached hydrogen (secondary N) is 2. The zero-order valence-electron chi connectivity index (χ0n) is 24.4. The van der Waals surface area contributed by atoms with Gasteiger partial charge in [0.25, 0.3) is 0 Å². The predicted molar refractivity (Wildman–Crippen MR) is 152 cm³/mol. The first-order valence-electron chi connectivity index (χ1n) is 13.5. The van der Waals surface area contributed by atoms with Crippen LogP contribution in [-0.2, 0) is 20.7 Å². The van der Waals surface area contributed by atoms with E-state index in [-0.39, 0.29) is 30.3 Å². The normalized spacial score (nSPS) is 13.8. The number of carbonyl (C=O) groups excluding carboxylic acids is 3. The van der Waals surface area contributed by atoms with Crippen LogP contribution in [0.15, 0.2) is 48.5 Å². The molecule has 2 rings (SSSR count). The van der Waals surface area contributed by atoms with Gasteiger partial charge in [-0.2, -0.15) is 0 Å². The second-order valence-electron chi connectivity index (χ2n) is 11.2. The molecule has 0 bridgehead atoms.